The highest BCUT2D eigenvalue weighted by Crippen LogP contribution is 2.32. The number of esters is 1. The van der Waals surface area contributed by atoms with Crippen molar-refractivity contribution >= 4 is 34.3 Å². The lowest BCUT2D eigenvalue weighted by Gasteiger charge is -2.15. The predicted molar refractivity (Wildman–Crippen MR) is 71.6 cm³/mol. The number of carbonyl (C=O) groups is 2. The maximum absolute atomic E-state index is 12.0. The molecule has 1 aliphatic rings. The predicted octanol–water partition coefficient (Wildman–Crippen LogP) is 2.60. The van der Waals surface area contributed by atoms with E-state index in [2.05, 4.69) is 4.74 Å². The van der Waals surface area contributed by atoms with Gasteiger partial charge in [0.1, 0.15) is 0 Å². The molecule has 0 N–H and O–H groups in total. The van der Waals surface area contributed by atoms with Gasteiger partial charge in [-0.2, -0.15) is 0 Å². The third kappa shape index (κ3) is 1.83. The molecule has 0 fully saturated rings. The van der Waals surface area contributed by atoms with Gasteiger partial charge in [-0.05, 0) is 30.5 Å². The molecule has 98 valence electrons. The van der Waals surface area contributed by atoms with E-state index in [-0.39, 0.29) is 0 Å². The fourth-order valence-corrected chi connectivity index (χ4v) is 2.92. The molecule has 3 rings (SSSR count). The van der Waals surface area contributed by atoms with Crippen molar-refractivity contribution in [2.45, 2.75) is 19.4 Å². The van der Waals surface area contributed by atoms with Crippen LogP contribution in [0.4, 0.5) is 0 Å². The van der Waals surface area contributed by atoms with Crippen molar-refractivity contribution in [2.75, 3.05) is 7.11 Å². The minimum atomic E-state index is -0.847. The summed E-state index contributed by atoms with van der Waals surface area (Å²) in [7, 11) is 1.20. The molecule has 1 aromatic heterocycles. The minimum Gasteiger partial charge on any atom is -0.463 e. The SMILES string of the molecule is COC(=O)C(=O)c1cn2c3c(cc(Cl)cc13)CCC2. The van der Waals surface area contributed by atoms with Gasteiger partial charge in [-0.3, -0.25) is 4.79 Å². The van der Waals surface area contributed by atoms with E-state index in [1.165, 1.54) is 7.11 Å². The van der Waals surface area contributed by atoms with Crippen molar-refractivity contribution in [3.8, 4) is 0 Å². The second kappa shape index (κ2) is 4.38. The van der Waals surface area contributed by atoms with Gasteiger partial charge in [0.25, 0.3) is 5.78 Å². The molecule has 0 atom stereocenters. The van der Waals surface area contributed by atoms with Gasteiger partial charge in [-0.25, -0.2) is 4.79 Å². The van der Waals surface area contributed by atoms with E-state index in [0.717, 1.165) is 35.9 Å². The molecule has 0 spiro atoms. The molecule has 2 heterocycles. The Bertz CT molecular complexity index is 702. The van der Waals surface area contributed by atoms with E-state index in [1.54, 1.807) is 12.3 Å². The van der Waals surface area contributed by atoms with Crippen molar-refractivity contribution < 1.29 is 14.3 Å². The number of ether oxygens (including phenoxy) is 1. The number of aromatic nitrogens is 1. The van der Waals surface area contributed by atoms with Gasteiger partial charge >= 0.3 is 5.97 Å². The minimum absolute atomic E-state index is 0.368. The van der Waals surface area contributed by atoms with Gasteiger partial charge in [0.05, 0.1) is 18.2 Å². The maximum Gasteiger partial charge on any atom is 0.379 e. The third-order valence-corrected chi connectivity index (χ3v) is 3.69. The lowest BCUT2D eigenvalue weighted by atomic mass is 10.0. The lowest BCUT2D eigenvalue weighted by Crippen LogP contribution is -2.15. The monoisotopic (exact) mass is 277 g/mol. The van der Waals surface area contributed by atoms with Crippen LogP contribution in [-0.2, 0) is 22.5 Å². The first-order valence-corrected chi connectivity index (χ1v) is 6.43. The Hall–Kier alpha value is -1.81. The molecule has 0 unspecified atom stereocenters. The van der Waals surface area contributed by atoms with Crippen LogP contribution in [0.15, 0.2) is 18.3 Å². The number of rotatable bonds is 2. The Labute approximate surface area is 114 Å². The van der Waals surface area contributed by atoms with Crippen LogP contribution in [-0.4, -0.2) is 23.4 Å². The molecule has 5 heteroatoms. The van der Waals surface area contributed by atoms with Crippen LogP contribution in [0.5, 0.6) is 0 Å². The highest BCUT2D eigenvalue weighted by Gasteiger charge is 2.25. The number of hydrogen-bond donors (Lipinski definition) is 0. The molecule has 0 aliphatic carbocycles. The summed E-state index contributed by atoms with van der Waals surface area (Å²) in [6.45, 7) is 0.847. The van der Waals surface area contributed by atoms with Gasteiger partial charge in [0, 0.05) is 23.2 Å². The molecule has 0 saturated carbocycles. The summed E-state index contributed by atoms with van der Waals surface area (Å²) < 4.78 is 6.52. The number of Topliss-reactive ketones (excluding diaryl/α,β-unsaturated/α-hetero) is 1. The summed E-state index contributed by atoms with van der Waals surface area (Å²) in [5.41, 5.74) is 2.49. The second-order valence-electron chi connectivity index (χ2n) is 4.62. The van der Waals surface area contributed by atoms with E-state index < -0.39 is 11.8 Å². The number of aryl methyl sites for hydroxylation is 2. The van der Waals surface area contributed by atoms with Crippen LogP contribution in [0.2, 0.25) is 5.02 Å². The average Bonchev–Trinajstić information content (AvgIpc) is 2.77. The van der Waals surface area contributed by atoms with Crippen molar-refractivity contribution in [3.05, 3.63) is 34.5 Å². The third-order valence-electron chi connectivity index (χ3n) is 3.48. The summed E-state index contributed by atoms with van der Waals surface area (Å²) in [6.07, 6.45) is 3.67. The zero-order chi connectivity index (χ0) is 13.6. The average molecular weight is 278 g/mol. The Kier molecular flexibility index (Phi) is 2.82. The van der Waals surface area contributed by atoms with Crippen LogP contribution in [0.25, 0.3) is 10.9 Å². The molecule has 0 bridgehead atoms. The molecule has 1 aliphatic heterocycles. The number of methoxy groups -OCH3 is 1. The van der Waals surface area contributed by atoms with Crippen molar-refractivity contribution in [1.82, 2.24) is 4.57 Å². The van der Waals surface area contributed by atoms with E-state index in [4.69, 9.17) is 11.6 Å². The Morgan fingerprint density at radius 1 is 1.37 bits per heavy atom. The van der Waals surface area contributed by atoms with Gasteiger partial charge in [-0.1, -0.05) is 11.6 Å². The van der Waals surface area contributed by atoms with Gasteiger partial charge in [0.15, 0.2) is 0 Å². The highest BCUT2D eigenvalue weighted by molar-refractivity contribution is 6.43. The first kappa shape index (κ1) is 12.2. The van der Waals surface area contributed by atoms with E-state index in [9.17, 15) is 9.59 Å². The number of nitrogens with zero attached hydrogens (tertiary/aromatic N) is 1. The number of hydrogen-bond acceptors (Lipinski definition) is 3. The lowest BCUT2D eigenvalue weighted by molar-refractivity contribution is -0.135. The highest BCUT2D eigenvalue weighted by atomic mass is 35.5. The molecule has 1 aromatic carbocycles. The number of halogens is 1. The first-order valence-electron chi connectivity index (χ1n) is 6.05. The largest absolute Gasteiger partial charge is 0.463 e. The molecular weight excluding hydrogens is 266 g/mol. The van der Waals surface area contributed by atoms with Crippen molar-refractivity contribution in [3.63, 3.8) is 0 Å². The van der Waals surface area contributed by atoms with Crippen molar-refractivity contribution in [2.24, 2.45) is 0 Å². The van der Waals surface area contributed by atoms with Gasteiger partial charge in [-0.15, -0.1) is 0 Å². The summed E-state index contributed by atoms with van der Waals surface area (Å²) in [5.74, 6) is -1.47. The molecule has 0 amide bonds. The molecule has 0 radical (unpaired) electrons. The van der Waals surface area contributed by atoms with Crippen LogP contribution >= 0.6 is 11.6 Å². The number of ketones is 1. The molecule has 19 heavy (non-hydrogen) atoms. The number of benzene rings is 1. The summed E-state index contributed by atoms with van der Waals surface area (Å²) in [6, 6.07) is 3.66. The van der Waals surface area contributed by atoms with Crippen LogP contribution in [0.1, 0.15) is 22.3 Å². The second-order valence-corrected chi connectivity index (χ2v) is 5.06. The molecule has 0 saturated heterocycles. The zero-order valence-electron chi connectivity index (χ0n) is 10.4. The molecule has 2 aromatic rings. The Morgan fingerprint density at radius 2 is 2.16 bits per heavy atom. The van der Waals surface area contributed by atoms with E-state index in [0.29, 0.717) is 10.6 Å². The van der Waals surface area contributed by atoms with Gasteiger partial charge < -0.3 is 9.30 Å². The summed E-state index contributed by atoms with van der Waals surface area (Å²) in [4.78, 5) is 23.5. The normalized spacial score (nSPS) is 13.6. The Morgan fingerprint density at radius 3 is 2.89 bits per heavy atom. The number of carbonyl (C=O) groups excluding carboxylic acids is 2. The zero-order valence-corrected chi connectivity index (χ0v) is 11.2. The Balaban J connectivity index is 2.28. The van der Waals surface area contributed by atoms with E-state index in [1.807, 2.05) is 10.6 Å². The molecular formula is C14H12ClNO3. The molecule has 4 nitrogen and oxygen atoms in total. The fraction of sp³-hybridized carbons (Fsp3) is 0.286. The first-order chi connectivity index (χ1) is 9.11. The summed E-state index contributed by atoms with van der Waals surface area (Å²) in [5, 5.41) is 1.32. The van der Waals surface area contributed by atoms with Crippen LogP contribution in [0.3, 0.4) is 0 Å². The van der Waals surface area contributed by atoms with Gasteiger partial charge in [0.2, 0.25) is 0 Å². The van der Waals surface area contributed by atoms with Crippen LogP contribution in [0, 0.1) is 0 Å². The summed E-state index contributed by atoms with van der Waals surface area (Å²) >= 11 is 6.09. The van der Waals surface area contributed by atoms with Crippen molar-refractivity contribution in [1.29, 1.82) is 0 Å². The fourth-order valence-electron chi connectivity index (χ4n) is 2.68. The van der Waals surface area contributed by atoms with Crippen LogP contribution < -0.4 is 0 Å². The smallest absolute Gasteiger partial charge is 0.379 e. The topological polar surface area (TPSA) is 48.3 Å². The standard InChI is InChI=1S/C14H12ClNO3/c1-19-14(18)13(17)11-7-16-4-2-3-8-5-9(15)6-10(11)12(8)16/h5-7H,2-4H2,1H3. The van der Waals surface area contributed by atoms with E-state index >= 15 is 0 Å². The maximum atomic E-state index is 12.0. The quantitative estimate of drug-likeness (QED) is 0.482.